The number of rotatable bonds is 9. The Labute approximate surface area is 274 Å². The van der Waals surface area contributed by atoms with Crippen LogP contribution in [-0.4, -0.2) is 4.98 Å². The molecule has 6 heterocycles. The van der Waals surface area contributed by atoms with Crippen molar-refractivity contribution in [1.82, 2.24) is 4.98 Å². The first kappa shape index (κ1) is 28.0. The smallest absolute Gasteiger partial charge is 0.124 e. The topological polar surface area (TPSA) is 12.9 Å². The van der Waals surface area contributed by atoms with Crippen molar-refractivity contribution in [2.75, 3.05) is 0 Å². The molecule has 0 saturated carbocycles. The molecule has 0 radical (unpaired) electrons. The fourth-order valence-corrected chi connectivity index (χ4v) is 10.3. The first-order valence-electron chi connectivity index (χ1n) is 13.2. The number of nitrogens with zero attached hydrogens (tertiary/aromatic N) is 1. The molecule has 42 heavy (non-hydrogen) atoms. The van der Waals surface area contributed by atoms with Crippen molar-refractivity contribution < 1.29 is 0 Å². The maximum absolute atomic E-state index is 5.26. The molecule has 206 valence electrons. The third-order valence-corrected chi connectivity index (χ3v) is 13.2. The van der Waals surface area contributed by atoms with Crippen molar-refractivity contribution in [3.8, 4) is 30.8 Å². The Hall–Kier alpha value is -2.82. The minimum Gasteiger partial charge on any atom is -0.240 e. The zero-order valence-electron chi connectivity index (χ0n) is 22.1. The van der Waals surface area contributed by atoms with Gasteiger partial charge in [-0.2, -0.15) is 0 Å². The lowest BCUT2D eigenvalue weighted by atomic mass is 10.0. The minimum atomic E-state index is 0.710. The molecule has 0 aliphatic heterocycles. The summed E-state index contributed by atoms with van der Waals surface area (Å²) in [5.74, 6) is 0. The summed E-state index contributed by atoms with van der Waals surface area (Å²) in [7, 11) is 0. The number of hydrogen-bond donors (Lipinski definition) is 1. The largest absolute Gasteiger partial charge is 0.240 e. The van der Waals surface area contributed by atoms with Crippen LogP contribution in [0.1, 0.15) is 25.2 Å². The van der Waals surface area contributed by atoms with Gasteiger partial charge in [-0.1, -0.05) is 60.7 Å². The summed E-state index contributed by atoms with van der Waals surface area (Å²) in [6.07, 6.45) is 5.27. The summed E-state index contributed by atoms with van der Waals surface area (Å²) in [5, 5.41) is 9.61. The van der Waals surface area contributed by atoms with Gasteiger partial charge < -0.3 is 0 Å². The van der Waals surface area contributed by atoms with Crippen LogP contribution in [0, 0.1) is 0 Å². The summed E-state index contributed by atoms with van der Waals surface area (Å²) in [5.41, 5.74) is 4.74. The summed E-state index contributed by atoms with van der Waals surface area (Å²) >= 11 is 15.6. The van der Waals surface area contributed by atoms with E-state index in [4.69, 9.17) is 17.6 Å². The van der Waals surface area contributed by atoms with Crippen LogP contribution in [-0.2, 0) is 6.42 Å². The molecule has 0 atom stereocenters. The first-order chi connectivity index (χ1) is 20.7. The molecule has 7 rings (SSSR count). The van der Waals surface area contributed by atoms with Gasteiger partial charge in [0.2, 0.25) is 0 Å². The number of thiol groups is 1. The van der Waals surface area contributed by atoms with E-state index in [1.807, 2.05) is 11.3 Å². The van der Waals surface area contributed by atoms with Crippen LogP contribution in [0.3, 0.4) is 0 Å². The van der Waals surface area contributed by atoms with Crippen molar-refractivity contribution in [1.29, 1.82) is 0 Å². The van der Waals surface area contributed by atoms with Crippen molar-refractivity contribution in [3.63, 3.8) is 0 Å². The SMILES string of the molecule is S/C(=C\Cc1nc(-c2ccccc2)sc1-c1cc(-c2cccs2)sc1/C(=C/c1cccs1)c1cccs1)c1cccs1. The average molecular weight is 670 g/mol. The molecule has 0 unspecified atom stereocenters. The molecule has 7 aromatic rings. The quantitative estimate of drug-likeness (QED) is 0.151. The van der Waals surface area contributed by atoms with Gasteiger partial charge in [0.15, 0.2) is 0 Å². The summed E-state index contributed by atoms with van der Waals surface area (Å²) in [4.78, 5) is 15.0. The van der Waals surface area contributed by atoms with Crippen LogP contribution in [0.15, 0.2) is 113 Å². The van der Waals surface area contributed by atoms with Gasteiger partial charge in [-0.3, -0.25) is 0 Å². The van der Waals surface area contributed by atoms with E-state index in [0.717, 1.165) is 21.2 Å². The molecule has 1 aromatic carbocycles. The van der Waals surface area contributed by atoms with Gasteiger partial charge in [0, 0.05) is 57.3 Å². The number of benzene rings is 1. The Kier molecular flexibility index (Phi) is 8.54. The molecular weight excluding hydrogens is 647 g/mol. The predicted octanol–water partition coefficient (Wildman–Crippen LogP) is 12.6. The van der Waals surface area contributed by atoms with Gasteiger partial charge >= 0.3 is 0 Å². The van der Waals surface area contributed by atoms with Crippen LogP contribution >= 0.6 is 80.6 Å². The Balaban J connectivity index is 1.43. The van der Waals surface area contributed by atoms with Gasteiger partial charge in [0.1, 0.15) is 5.01 Å². The van der Waals surface area contributed by atoms with Crippen molar-refractivity contribution >= 4 is 97.2 Å². The van der Waals surface area contributed by atoms with Gasteiger partial charge in [0.25, 0.3) is 0 Å². The molecule has 6 aromatic heterocycles. The fraction of sp³-hybridized carbons (Fsp3) is 0.0294. The standard InChI is InChI=1S/C34H23NS7/c36-27(29-12-6-18-39-29)15-14-26-33(42-34(35-26)22-8-2-1-3-9-22)25-21-31(30-13-7-19-40-30)41-32(25)24(28-11-5-17-38-28)20-23-10-4-16-37-23/h1-13,15-21,36H,14H2/b24-20+,27-15-. The summed E-state index contributed by atoms with van der Waals surface area (Å²) < 4.78 is 0. The number of thiophene rings is 5. The molecule has 0 N–H and O–H groups in total. The molecule has 0 bridgehead atoms. The molecule has 1 nitrogen and oxygen atoms in total. The average Bonchev–Trinajstić information content (AvgIpc) is 3.85. The number of thiazole rings is 1. The third kappa shape index (κ3) is 5.98. The minimum absolute atomic E-state index is 0.710. The summed E-state index contributed by atoms with van der Waals surface area (Å²) in [6, 6.07) is 30.2. The van der Waals surface area contributed by atoms with Crippen LogP contribution in [0.4, 0.5) is 0 Å². The third-order valence-electron chi connectivity index (χ3n) is 6.58. The molecule has 0 spiro atoms. The van der Waals surface area contributed by atoms with Crippen LogP contribution in [0.25, 0.3) is 47.3 Å². The molecular formula is C34H23NS7. The Bertz CT molecular complexity index is 1930. The molecule has 8 heteroatoms. The van der Waals surface area contributed by atoms with Gasteiger partial charge in [-0.25, -0.2) is 4.98 Å². The normalized spacial score (nSPS) is 12.3. The number of aromatic nitrogens is 1. The molecule has 0 amide bonds. The lowest BCUT2D eigenvalue weighted by Crippen LogP contribution is -1.89. The zero-order valence-corrected chi connectivity index (χ0v) is 27.9. The second-order valence-corrected chi connectivity index (χ2v) is 15.7. The van der Waals surface area contributed by atoms with Crippen molar-refractivity contribution in [3.05, 3.63) is 138 Å². The Morgan fingerprint density at radius 1 is 0.714 bits per heavy atom. The number of hydrogen-bond acceptors (Lipinski definition) is 8. The monoisotopic (exact) mass is 669 g/mol. The summed E-state index contributed by atoms with van der Waals surface area (Å²) in [6.45, 7) is 0. The highest BCUT2D eigenvalue weighted by molar-refractivity contribution is 7.90. The van der Waals surface area contributed by atoms with Gasteiger partial charge in [-0.15, -0.1) is 80.6 Å². The van der Waals surface area contributed by atoms with Crippen molar-refractivity contribution in [2.45, 2.75) is 6.42 Å². The Morgan fingerprint density at radius 3 is 2.17 bits per heavy atom. The van der Waals surface area contributed by atoms with Gasteiger partial charge in [-0.05, 0) is 57.9 Å². The molecule has 0 aliphatic carbocycles. The van der Waals surface area contributed by atoms with E-state index in [-0.39, 0.29) is 0 Å². The number of allylic oxidation sites excluding steroid dienone is 1. The maximum atomic E-state index is 5.26. The predicted molar refractivity (Wildman–Crippen MR) is 195 cm³/mol. The van der Waals surface area contributed by atoms with E-state index in [9.17, 15) is 0 Å². The van der Waals surface area contributed by atoms with E-state index in [1.165, 1.54) is 45.3 Å². The molecule has 0 fully saturated rings. The maximum Gasteiger partial charge on any atom is 0.124 e. The van der Waals surface area contributed by atoms with E-state index in [2.05, 4.69) is 119 Å². The first-order valence-corrected chi connectivity index (χ1v) is 18.8. The van der Waals surface area contributed by atoms with E-state index < -0.39 is 0 Å². The molecule has 0 aliphatic rings. The second kappa shape index (κ2) is 12.8. The molecule has 0 saturated heterocycles. The highest BCUT2D eigenvalue weighted by Gasteiger charge is 2.23. The van der Waals surface area contributed by atoms with Crippen LogP contribution in [0.5, 0.6) is 0 Å². The fourth-order valence-electron chi connectivity index (χ4n) is 4.62. The van der Waals surface area contributed by atoms with Gasteiger partial charge in [0.05, 0.1) is 10.6 Å². The second-order valence-electron chi connectivity index (χ2n) is 9.31. The van der Waals surface area contributed by atoms with E-state index >= 15 is 0 Å². The highest BCUT2D eigenvalue weighted by Crippen LogP contribution is 2.48. The van der Waals surface area contributed by atoms with Crippen LogP contribution in [0.2, 0.25) is 0 Å². The van der Waals surface area contributed by atoms with Crippen LogP contribution < -0.4 is 0 Å². The Morgan fingerprint density at radius 2 is 1.45 bits per heavy atom. The lowest BCUT2D eigenvalue weighted by molar-refractivity contribution is 1.16. The van der Waals surface area contributed by atoms with Crippen molar-refractivity contribution in [2.24, 2.45) is 0 Å². The van der Waals surface area contributed by atoms with E-state index in [0.29, 0.717) is 6.42 Å². The zero-order chi connectivity index (χ0) is 28.3. The van der Waals surface area contributed by atoms with E-state index in [1.54, 1.807) is 56.7 Å². The highest BCUT2D eigenvalue weighted by atomic mass is 32.1. The lowest BCUT2D eigenvalue weighted by Gasteiger charge is -2.08.